The van der Waals surface area contributed by atoms with E-state index in [4.69, 9.17) is 14.2 Å². The number of imidazole rings is 1. The molecule has 0 atom stereocenters. The highest BCUT2D eigenvalue weighted by Gasteiger charge is 2.50. The van der Waals surface area contributed by atoms with E-state index in [0.29, 0.717) is 24.2 Å². The molecule has 2 aliphatic rings. The van der Waals surface area contributed by atoms with Crippen LogP contribution in [-0.2, 0) is 19.0 Å². The van der Waals surface area contributed by atoms with Gasteiger partial charge in [0.2, 0.25) is 0 Å². The largest absolute Gasteiger partial charge is 0.513 e. The Morgan fingerprint density at radius 2 is 1.93 bits per heavy atom. The SMILES string of the molecule is CCOC(=O)OC1=C(c2cc(C)ccc2C)C(=O)NC12CCC(OC)CC2.c1ccc2[nH]c(-c3cscn3)nc2c1. The number of aromatic nitrogens is 3. The van der Waals surface area contributed by atoms with E-state index in [1.807, 2.05) is 67.2 Å². The highest BCUT2D eigenvalue weighted by atomic mass is 32.1. The lowest BCUT2D eigenvalue weighted by molar-refractivity contribution is -0.116. The number of amides is 1. The number of hydrogen-bond donors (Lipinski definition) is 2. The van der Waals surface area contributed by atoms with Crippen LogP contribution in [0, 0.1) is 13.8 Å². The lowest BCUT2D eigenvalue weighted by atomic mass is 9.79. The van der Waals surface area contributed by atoms with Gasteiger partial charge in [0.15, 0.2) is 5.82 Å². The van der Waals surface area contributed by atoms with E-state index in [9.17, 15) is 9.59 Å². The fourth-order valence-electron chi connectivity index (χ4n) is 5.38. The zero-order valence-electron chi connectivity index (χ0n) is 23.7. The molecule has 1 aliphatic heterocycles. The van der Waals surface area contributed by atoms with E-state index < -0.39 is 11.7 Å². The minimum atomic E-state index is -0.778. The molecule has 4 aromatic rings. The average molecular weight is 575 g/mol. The third kappa shape index (κ3) is 6.03. The molecular weight excluding hydrogens is 540 g/mol. The Morgan fingerprint density at radius 3 is 2.61 bits per heavy atom. The summed E-state index contributed by atoms with van der Waals surface area (Å²) in [5.74, 6) is 1.01. The van der Waals surface area contributed by atoms with Gasteiger partial charge >= 0.3 is 6.16 Å². The first-order valence-corrected chi connectivity index (χ1v) is 14.6. The number of carbonyl (C=O) groups excluding carboxylic acids is 2. The monoisotopic (exact) mass is 574 g/mol. The Morgan fingerprint density at radius 1 is 1.15 bits per heavy atom. The summed E-state index contributed by atoms with van der Waals surface area (Å²) in [5, 5.41) is 5.09. The van der Waals surface area contributed by atoms with Crippen LogP contribution >= 0.6 is 11.3 Å². The number of para-hydroxylation sites is 2. The number of fused-ring (bicyclic) bond motifs is 1. The average Bonchev–Trinajstić information content (AvgIpc) is 3.70. The second kappa shape index (κ2) is 12.2. The standard InChI is InChI=1S/C21H27NO5.C10H7N3S/c1-5-26-20(24)27-18-17(16-12-13(2)6-7-14(16)3)19(23)22-21(18)10-8-15(25-4)9-11-21;1-2-4-8-7(3-1)12-10(13-8)9-5-14-6-11-9/h6-7,12,15H,5,8-11H2,1-4H3,(H,22,23);1-6H,(H,12,13). The quantitative estimate of drug-likeness (QED) is 0.268. The van der Waals surface area contributed by atoms with Crippen molar-refractivity contribution in [1.29, 1.82) is 0 Å². The molecule has 3 heterocycles. The topological polar surface area (TPSA) is 115 Å². The highest BCUT2D eigenvalue weighted by molar-refractivity contribution is 7.07. The van der Waals surface area contributed by atoms with Gasteiger partial charge in [0.05, 0.1) is 40.4 Å². The summed E-state index contributed by atoms with van der Waals surface area (Å²) < 4.78 is 16.1. The molecule has 1 amide bonds. The number of nitrogens with one attached hydrogen (secondary N) is 2. The van der Waals surface area contributed by atoms with Gasteiger partial charge in [-0.15, -0.1) is 11.3 Å². The third-order valence-corrected chi connectivity index (χ3v) is 8.12. The van der Waals surface area contributed by atoms with Gasteiger partial charge in [-0.25, -0.2) is 14.8 Å². The molecule has 1 saturated carbocycles. The Labute approximate surface area is 243 Å². The van der Waals surface area contributed by atoms with Crippen molar-refractivity contribution in [3.8, 4) is 11.5 Å². The van der Waals surface area contributed by atoms with Crippen LogP contribution in [0.25, 0.3) is 28.1 Å². The molecule has 0 bridgehead atoms. The van der Waals surface area contributed by atoms with Crippen molar-refractivity contribution in [2.45, 2.75) is 58.1 Å². The number of aryl methyl sites for hydroxylation is 2. The molecule has 1 fully saturated rings. The van der Waals surface area contributed by atoms with Crippen molar-refractivity contribution in [3.05, 3.63) is 75.8 Å². The molecule has 9 nitrogen and oxygen atoms in total. The van der Waals surface area contributed by atoms with Crippen LogP contribution in [0.15, 0.2) is 59.1 Å². The number of benzene rings is 2. The summed E-state index contributed by atoms with van der Waals surface area (Å²) in [6.45, 7) is 5.86. The maximum atomic E-state index is 13.0. The van der Waals surface area contributed by atoms with Crippen molar-refractivity contribution in [1.82, 2.24) is 20.3 Å². The Kier molecular flexibility index (Phi) is 8.51. The van der Waals surface area contributed by atoms with Crippen LogP contribution in [0.4, 0.5) is 4.79 Å². The zero-order valence-corrected chi connectivity index (χ0v) is 24.5. The smallest absolute Gasteiger partial charge is 0.434 e. The van der Waals surface area contributed by atoms with Gasteiger partial charge in [0.1, 0.15) is 11.5 Å². The summed E-state index contributed by atoms with van der Waals surface area (Å²) in [6, 6.07) is 13.9. The molecule has 6 rings (SSSR count). The summed E-state index contributed by atoms with van der Waals surface area (Å²) in [4.78, 5) is 37.0. The summed E-state index contributed by atoms with van der Waals surface area (Å²) in [7, 11) is 1.70. The lowest BCUT2D eigenvalue weighted by Gasteiger charge is -2.37. The van der Waals surface area contributed by atoms with E-state index in [1.165, 1.54) is 0 Å². The van der Waals surface area contributed by atoms with E-state index in [2.05, 4.69) is 20.3 Å². The number of nitrogens with zero attached hydrogens (tertiary/aromatic N) is 2. The predicted octanol–water partition coefficient (Wildman–Crippen LogP) is 6.33. The van der Waals surface area contributed by atoms with Crippen molar-refractivity contribution < 1.29 is 23.8 Å². The van der Waals surface area contributed by atoms with Crippen LogP contribution < -0.4 is 5.32 Å². The third-order valence-electron chi connectivity index (χ3n) is 7.54. The number of rotatable bonds is 5. The molecule has 214 valence electrons. The number of H-pyrrole nitrogens is 1. The van der Waals surface area contributed by atoms with Crippen LogP contribution in [-0.4, -0.2) is 52.4 Å². The van der Waals surface area contributed by atoms with Crippen molar-refractivity contribution in [2.24, 2.45) is 0 Å². The molecule has 0 unspecified atom stereocenters. The number of methoxy groups -OCH3 is 1. The summed E-state index contributed by atoms with van der Waals surface area (Å²) >= 11 is 1.57. The predicted molar refractivity (Wildman–Crippen MR) is 158 cm³/mol. The van der Waals surface area contributed by atoms with Gasteiger partial charge in [0, 0.05) is 12.5 Å². The number of ether oxygens (including phenoxy) is 3. The van der Waals surface area contributed by atoms with Gasteiger partial charge in [0.25, 0.3) is 5.91 Å². The Hall–Kier alpha value is -4.02. The van der Waals surface area contributed by atoms with E-state index >= 15 is 0 Å². The van der Waals surface area contributed by atoms with Crippen LogP contribution in [0.3, 0.4) is 0 Å². The number of aromatic amines is 1. The Bertz CT molecular complexity index is 1540. The van der Waals surface area contributed by atoms with Crippen LogP contribution in [0.5, 0.6) is 0 Å². The molecule has 41 heavy (non-hydrogen) atoms. The number of thiazole rings is 1. The molecule has 1 aliphatic carbocycles. The summed E-state index contributed by atoms with van der Waals surface area (Å²) in [6.07, 6.45) is 2.25. The summed E-state index contributed by atoms with van der Waals surface area (Å²) in [5.41, 5.74) is 7.27. The maximum absolute atomic E-state index is 13.0. The van der Waals surface area contributed by atoms with Crippen LogP contribution in [0.1, 0.15) is 49.3 Å². The molecule has 2 aromatic heterocycles. The first-order valence-electron chi connectivity index (χ1n) is 13.7. The lowest BCUT2D eigenvalue weighted by Crippen LogP contribution is -2.49. The molecule has 10 heteroatoms. The highest BCUT2D eigenvalue weighted by Crippen LogP contribution is 2.44. The minimum absolute atomic E-state index is 0.154. The fraction of sp³-hybridized carbons (Fsp3) is 0.355. The number of hydrogen-bond acceptors (Lipinski definition) is 8. The minimum Gasteiger partial charge on any atom is -0.434 e. The van der Waals surface area contributed by atoms with Crippen LogP contribution in [0.2, 0.25) is 0 Å². The molecule has 2 aromatic carbocycles. The van der Waals surface area contributed by atoms with Gasteiger partial charge in [-0.3, -0.25) is 4.79 Å². The van der Waals surface area contributed by atoms with Gasteiger partial charge in [-0.2, -0.15) is 0 Å². The Balaban J connectivity index is 0.000000200. The molecule has 1 spiro atoms. The van der Waals surface area contributed by atoms with E-state index in [0.717, 1.165) is 52.1 Å². The molecule has 2 N–H and O–H groups in total. The van der Waals surface area contributed by atoms with Crippen molar-refractivity contribution in [2.75, 3.05) is 13.7 Å². The molecular formula is C31H34N4O5S. The second-order valence-electron chi connectivity index (χ2n) is 10.3. The van der Waals surface area contributed by atoms with Gasteiger partial charge < -0.3 is 24.5 Å². The number of carbonyl (C=O) groups is 2. The maximum Gasteiger partial charge on any atom is 0.513 e. The van der Waals surface area contributed by atoms with Crippen molar-refractivity contribution >= 4 is 40.0 Å². The van der Waals surface area contributed by atoms with E-state index in [-0.39, 0.29) is 18.6 Å². The zero-order chi connectivity index (χ0) is 29.0. The van der Waals surface area contributed by atoms with Gasteiger partial charge in [-0.05, 0) is 69.7 Å². The first-order chi connectivity index (χ1) is 19.8. The van der Waals surface area contributed by atoms with Gasteiger partial charge in [-0.1, -0.05) is 35.9 Å². The normalized spacial score (nSPS) is 20.1. The molecule has 0 radical (unpaired) electrons. The first kappa shape index (κ1) is 28.5. The molecule has 0 saturated heterocycles. The second-order valence-corrected chi connectivity index (χ2v) is 11.0. The fourth-order valence-corrected chi connectivity index (χ4v) is 5.92. The van der Waals surface area contributed by atoms with E-state index in [1.54, 1.807) is 25.4 Å². The van der Waals surface area contributed by atoms with Crippen molar-refractivity contribution in [3.63, 3.8) is 0 Å².